The highest BCUT2D eigenvalue weighted by Crippen LogP contribution is 2.45. The Labute approximate surface area is 253 Å². The minimum absolute atomic E-state index is 0.0753. The maximum absolute atomic E-state index is 11.4. The third-order valence-corrected chi connectivity index (χ3v) is 10.3. The Hall–Kier alpha value is -3.79. The molecule has 4 aromatic rings. The number of aryl methyl sites for hydroxylation is 2. The molecule has 6 rings (SSSR count). The largest absolute Gasteiger partial charge is 0.493 e. The highest BCUT2D eigenvalue weighted by atomic mass is 32.3. The van der Waals surface area contributed by atoms with Crippen LogP contribution in [0.4, 0.5) is 0 Å². The van der Waals surface area contributed by atoms with Crippen LogP contribution in [0.25, 0.3) is 11.1 Å². The second kappa shape index (κ2) is 12.8. The van der Waals surface area contributed by atoms with Crippen molar-refractivity contribution in [2.75, 3.05) is 18.1 Å². The van der Waals surface area contributed by atoms with Gasteiger partial charge in [-0.05, 0) is 102 Å². The van der Waals surface area contributed by atoms with Gasteiger partial charge in [-0.1, -0.05) is 35.5 Å². The molecule has 9 heteroatoms. The van der Waals surface area contributed by atoms with Gasteiger partial charge in [0.1, 0.15) is 24.4 Å². The predicted octanol–water partition coefficient (Wildman–Crippen LogP) is 7.56. The smallest absolute Gasteiger partial charge is 0.304 e. The van der Waals surface area contributed by atoms with E-state index in [4.69, 9.17) is 14.0 Å². The number of aliphatic carboxylic acids is 1. The first-order valence-electron chi connectivity index (χ1n) is 14.8. The van der Waals surface area contributed by atoms with Crippen LogP contribution in [0.5, 0.6) is 11.5 Å². The Morgan fingerprint density at radius 3 is 2.42 bits per heavy atom. The summed E-state index contributed by atoms with van der Waals surface area (Å²) >= 11 is 0. The highest BCUT2D eigenvalue weighted by molar-refractivity contribution is 8.24. The van der Waals surface area contributed by atoms with E-state index >= 15 is 0 Å². The van der Waals surface area contributed by atoms with Crippen LogP contribution in [0.15, 0.2) is 77.5 Å². The van der Waals surface area contributed by atoms with Crippen LogP contribution in [0.2, 0.25) is 0 Å². The fourth-order valence-electron chi connectivity index (χ4n) is 6.05. The summed E-state index contributed by atoms with van der Waals surface area (Å²) in [7, 11) is -2.37. The summed E-state index contributed by atoms with van der Waals surface area (Å²) < 4.78 is 37.0. The second-order valence-electron chi connectivity index (χ2n) is 11.6. The molecule has 43 heavy (non-hydrogen) atoms. The SMILES string of the molecule is O=C(O)C[C@@H](c1ccc(OCc2ccc3c(c2)-c2ccc(OCC4CCS(O)(O)CC4)cc2CCC3)cc1)c1ccon1. The zero-order valence-corrected chi connectivity index (χ0v) is 24.8. The van der Waals surface area contributed by atoms with Gasteiger partial charge in [-0.15, -0.1) is 0 Å². The number of hydrogen-bond acceptors (Lipinski definition) is 7. The van der Waals surface area contributed by atoms with Gasteiger partial charge in [0.25, 0.3) is 0 Å². The van der Waals surface area contributed by atoms with Gasteiger partial charge in [-0.3, -0.25) is 13.9 Å². The van der Waals surface area contributed by atoms with Crippen molar-refractivity contribution in [3.63, 3.8) is 0 Å². The van der Waals surface area contributed by atoms with Gasteiger partial charge in [0.15, 0.2) is 0 Å². The van der Waals surface area contributed by atoms with E-state index in [-0.39, 0.29) is 6.42 Å². The molecule has 1 saturated heterocycles. The molecule has 2 heterocycles. The van der Waals surface area contributed by atoms with Crippen LogP contribution < -0.4 is 9.47 Å². The summed E-state index contributed by atoms with van der Waals surface area (Å²) in [6.07, 6.45) is 6.04. The van der Waals surface area contributed by atoms with Gasteiger partial charge >= 0.3 is 5.97 Å². The summed E-state index contributed by atoms with van der Waals surface area (Å²) in [5.41, 5.74) is 7.58. The molecule has 0 unspecified atom stereocenters. The molecule has 8 nitrogen and oxygen atoms in total. The summed E-state index contributed by atoms with van der Waals surface area (Å²) in [5.74, 6) is 1.61. The molecular formula is C34H37NO7S. The van der Waals surface area contributed by atoms with Gasteiger partial charge in [0.2, 0.25) is 0 Å². The van der Waals surface area contributed by atoms with E-state index in [2.05, 4.69) is 35.5 Å². The van der Waals surface area contributed by atoms with Gasteiger partial charge in [0.05, 0.1) is 18.7 Å². The molecule has 0 saturated carbocycles. The number of ether oxygens (including phenoxy) is 2. The Morgan fingerprint density at radius 2 is 1.67 bits per heavy atom. The van der Waals surface area contributed by atoms with E-state index in [1.807, 2.05) is 30.3 Å². The summed E-state index contributed by atoms with van der Waals surface area (Å²) in [6, 6.07) is 22.1. The lowest BCUT2D eigenvalue weighted by Gasteiger charge is -2.39. The summed E-state index contributed by atoms with van der Waals surface area (Å²) in [5, 5.41) is 13.3. The van der Waals surface area contributed by atoms with Crippen LogP contribution in [-0.4, -0.2) is 43.5 Å². The normalized spacial score (nSPS) is 17.6. The average molecular weight is 604 g/mol. The number of rotatable bonds is 10. The molecule has 3 N–H and O–H groups in total. The zero-order valence-electron chi connectivity index (χ0n) is 24.0. The number of aromatic nitrogens is 1. The Balaban J connectivity index is 1.12. The Kier molecular flexibility index (Phi) is 8.74. The van der Waals surface area contributed by atoms with E-state index in [0.717, 1.165) is 49.0 Å². The lowest BCUT2D eigenvalue weighted by molar-refractivity contribution is -0.137. The fraction of sp³-hybridized carbons (Fsp3) is 0.353. The average Bonchev–Trinajstić information content (AvgIpc) is 3.48. The van der Waals surface area contributed by atoms with Crippen LogP contribution in [0.1, 0.15) is 59.5 Å². The molecule has 1 aliphatic heterocycles. The maximum atomic E-state index is 11.4. The summed E-state index contributed by atoms with van der Waals surface area (Å²) in [4.78, 5) is 11.4. The van der Waals surface area contributed by atoms with Crippen molar-refractivity contribution in [2.24, 2.45) is 5.92 Å². The van der Waals surface area contributed by atoms with Crippen molar-refractivity contribution < 1.29 is 33.0 Å². The first-order chi connectivity index (χ1) is 20.8. The monoisotopic (exact) mass is 603 g/mol. The van der Waals surface area contributed by atoms with Crippen LogP contribution in [0, 0.1) is 5.92 Å². The molecule has 0 radical (unpaired) electrons. The molecule has 1 atom stereocenters. The Morgan fingerprint density at radius 1 is 0.907 bits per heavy atom. The van der Waals surface area contributed by atoms with E-state index in [0.29, 0.717) is 42.1 Å². The molecule has 0 spiro atoms. The quantitative estimate of drug-likeness (QED) is 0.170. The molecule has 1 fully saturated rings. The molecule has 1 aromatic heterocycles. The number of benzene rings is 3. The van der Waals surface area contributed by atoms with E-state index in [1.54, 1.807) is 6.07 Å². The lowest BCUT2D eigenvalue weighted by Crippen LogP contribution is -2.24. The number of hydrogen-bond donors (Lipinski definition) is 3. The number of carbonyl (C=O) groups is 1. The number of carboxylic acid groups (broad SMARTS) is 1. The molecule has 0 amide bonds. The van der Waals surface area contributed by atoms with Crippen molar-refractivity contribution in [1.29, 1.82) is 0 Å². The number of fused-ring (bicyclic) bond motifs is 3. The zero-order chi connectivity index (χ0) is 29.8. The van der Waals surface area contributed by atoms with Crippen molar-refractivity contribution >= 4 is 16.6 Å². The van der Waals surface area contributed by atoms with E-state index in [1.165, 1.54) is 28.5 Å². The minimum atomic E-state index is -2.37. The van der Waals surface area contributed by atoms with E-state index in [9.17, 15) is 19.0 Å². The van der Waals surface area contributed by atoms with E-state index < -0.39 is 22.5 Å². The van der Waals surface area contributed by atoms with Gasteiger partial charge in [0, 0.05) is 23.5 Å². The van der Waals surface area contributed by atoms with Crippen molar-refractivity contribution in [1.82, 2.24) is 5.16 Å². The first-order valence-corrected chi connectivity index (χ1v) is 16.7. The lowest BCUT2D eigenvalue weighted by atomic mass is 9.92. The van der Waals surface area contributed by atoms with Gasteiger partial charge < -0.3 is 19.1 Å². The highest BCUT2D eigenvalue weighted by Gasteiger charge is 2.25. The predicted molar refractivity (Wildman–Crippen MR) is 166 cm³/mol. The fourth-order valence-corrected chi connectivity index (χ4v) is 7.68. The Bertz CT molecular complexity index is 1540. The van der Waals surface area contributed by atoms with Gasteiger partial charge in [-0.2, -0.15) is 10.6 Å². The van der Waals surface area contributed by atoms with Crippen LogP contribution >= 0.6 is 10.6 Å². The number of nitrogens with zero attached hydrogens (tertiary/aromatic N) is 1. The van der Waals surface area contributed by atoms with Crippen molar-refractivity contribution in [2.45, 2.75) is 51.0 Å². The molecule has 3 aromatic carbocycles. The van der Waals surface area contributed by atoms with Crippen LogP contribution in [0.3, 0.4) is 0 Å². The third-order valence-electron chi connectivity index (χ3n) is 8.51. The molecule has 1 aliphatic carbocycles. The van der Waals surface area contributed by atoms with Gasteiger partial charge in [-0.25, -0.2) is 0 Å². The van der Waals surface area contributed by atoms with Crippen molar-refractivity contribution in [3.05, 3.63) is 101 Å². The van der Waals surface area contributed by atoms with Crippen molar-refractivity contribution in [3.8, 4) is 22.6 Å². The topological polar surface area (TPSA) is 122 Å². The minimum Gasteiger partial charge on any atom is -0.493 e. The first kappa shape index (κ1) is 29.3. The maximum Gasteiger partial charge on any atom is 0.304 e. The molecule has 0 bridgehead atoms. The number of carboxylic acids is 1. The third kappa shape index (κ3) is 7.24. The summed E-state index contributed by atoms with van der Waals surface area (Å²) in [6.45, 7) is 1.02. The second-order valence-corrected chi connectivity index (χ2v) is 14.0. The standard InChI is InChI=1S/C34H37NO7S/c36-34(37)20-32(33-12-15-42-35-33)26-6-8-28(9-7-26)40-22-24-4-5-25-2-1-3-27-19-29(10-11-30(27)31(25)18-24)41-21-23-13-16-43(38,39)17-14-23/h4-12,15,18-19,23,32,38-39H,1-3,13-14,16-17,20-22H2,(H,36,37)/t32-/m0/s1. The molecular weight excluding hydrogens is 566 g/mol. The molecule has 226 valence electrons. The van der Waals surface area contributed by atoms with Crippen LogP contribution in [-0.2, 0) is 24.2 Å². The molecule has 2 aliphatic rings.